The predicted octanol–water partition coefficient (Wildman–Crippen LogP) is -1.05. The molecular weight excluding hydrogens is 172 g/mol. The third-order valence-electron chi connectivity index (χ3n) is 0. The molecule has 0 aliphatic carbocycles. The fourth-order valence-corrected chi connectivity index (χ4v) is 0. The van der Waals surface area contributed by atoms with E-state index in [9.17, 15) is 0 Å². The molecule has 50 valence electrons. The van der Waals surface area contributed by atoms with Gasteiger partial charge >= 0.3 is 10.4 Å². The molecule has 5 nitrogen and oxygen atoms in total. The van der Waals surface area contributed by atoms with Crippen LogP contribution in [0.1, 0.15) is 0 Å². The molecule has 0 saturated carbocycles. The van der Waals surface area contributed by atoms with Crippen LogP contribution in [-0.2, 0) is 32.1 Å². The van der Waals surface area contributed by atoms with Crippen LogP contribution in [-0.4, -0.2) is 29.7 Å². The Morgan fingerprint density at radius 3 is 1.12 bits per heavy atom. The van der Waals surface area contributed by atoms with Gasteiger partial charge in [0.2, 0.25) is 0 Å². The van der Waals surface area contributed by atoms with Crippen molar-refractivity contribution in [3.05, 3.63) is 0 Å². The maximum absolute atomic E-state index is 8.74. The second-order valence-electron chi connectivity index (χ2n) is 0.448. The third-order valence-corrected chi connectivity index (χ3v) is 0. The largest absolute Gasteiger partial charge is 0.400 e. The van der Waals surface area contributed by atoms with Crippen LogP contribution in [0.25, 0.3) is 0 Å². The Labute approximate surface area is 62.2 Å². The van der Waals surface area contributed by atoms with Crippen molar-refractivity contribution in [1.29, 1.82) is 0 Å². The fourth-order valence-electron chi connectivity index (χ4n) is 0. The van der Waals surface area contributed by atoms with Gasteiger partial charge in [0.25, 0.3) is 0 Å². The zero-order valence-corrected chi connectivity index (χ0v) is 6.44. The van der Waals surface area contributed by atoms with Gasteiger partial charge in [-0.3, -0.25) is 9.11 Å². The Morgan fingerprint density at radius 2 is 1.12 bits per heavy atom. The number of hydrogen-bond donors (Lipinski definition) is 3. The van der Waals surface area contributed by atoms with Crippen molar-refractivity contribution in [2.45, 2.75) is 0 Å². The van der Waals surface area contributed by atoms with Crippen LogP contribution >= 0.6 is 0 Å². The smallest absolute Gasteiger partial charge is 0.394 e. The summed E-state index contributed by atoms with van der Waals surface area (Å²) in [6.07, 6.45) is 0. The Hall–Kier alpha value is 0.544. The first-order chi connectivity index (χ1) is 3.00. The molecule has 0 aromatic heterocycles. The molecule has 0 unspecified atom stereocenters. The molecule has 3 N–H and O–H groups in total. The van der Waals surface area contributed by atoms with Gasteiger partial charge in [0, 0.05) is 28.8 Å². The van der Waals surface area contributed by atoms with E-state index in [1.165, 1.54) is 0 Å². The topological polar surface area (TPSA) is 94.8 Å². The van der Waals surface area contributed by atoms with Crippen LogP contribution in [0.4, 0.5) is 0 Å². The summed E-state index contributed by atoms with van der Waals surface area (Å²) in [6, 6.07) is 0. The van der Waals surface area contributed by atoms with Gasteiger partial charge in [-0.1, -0.05) is 0 Å². The minimum atomic E-state index is -4.67. The average Bonchev–Trinajstić information content (AvgIpc) is 1.36. The molecule has 0 amide bonds. The van der Waals surface area contributed by atoms with Gasteiger partial charge in [0.15, 0.2) is 0 Å². The molecule has 0 radical (unpaired) electrons. The van der Waals surface area contributed by atoms with E-state index in [0.29, 0.717) is 0 Å². The number of hydrogen-bond acceptors (Lipinski definition) is 3. The van der Waals surface area contributed by atoms with Crippen LogP contribution in [0.15, 0.2) is 0 Å². The molecule has 0 saturated heterocycles. The molecule has 0 spiro atoms. The Morgan fingerprint density at radius 1 is 1.12 bits per heavy atom. The van der Waals surface area contributed by atoms with Gasteiger partial charge in [-0.15, -0.1) is 0 Å². The number of aliphatic hydroxyl groups is 1. The average molecular weight is 178 g/mol. The Balaban J connectivity index is -0.0000000750. The third kappa shape index (κ3) is 679. The van der Waals surface area contributed by atoms with Gasteiger partial charge in [0.05, 0.1) is 0 Å². The monoisotopic (exact) mass is 178 g/mol. The summed E-state index contributed by atoms with van der Waals surface area (Å²) >= 11 is 0. The molecule has 0 bridgehead atoms. The standard InChI is InChI=1S/CH4O.H2O4S.Ti/c1-2;1-5(2,3)4;/h2H,1H3;(H2,1,2,3,4);. The molecule has 0 aliphatic rings. The van der Waals surface area contributed by atoms with Crippen molar-refractivity contribution in [3.8, 4) is 0 Å². The molecule has 0 rings (SSSR count). The molecule has 8 heavy (non-hydrogen) atoms. The van der Waals surface area contributed by atoms with Crippen LogP contribution < -0.4 is 0 Å². The van der Waals surface area contributed by atoms with E-state index in [-0.39, 0.29) is 21.7 Å². The molecule has 0 aromatic rings. The van der Waals surface area contributed by atoms with Gasteiger partial charge < -0.3 is 5.11 Å². The van der Waals surface area contributed by atoms with Crippen molar-refractivity contribution >= 4 is 10.4 Å². The van der Waals surface area contributed by atoms with Crippen molar-refractivity contribution in [2.75, 3.05) is 7.11 Å². The Bertz CT molecular complexity index is 95.6. The summed E-state index contributed by atoms with van der Waals surface area (Å²) in [5, 5.41) is 7.00. The van der Waals surface area contributed by atoms with E-state index in [2.05, 4.69) is 0 Å². The number of rotatable bonds is 0. The van der Waals surface area contributed by atoms with Gasteiger partial charge in [-0.2, -0.15) is 8.42 Å². The first kappa shape index (κ1) is 15.8. The first-order valence-electron chi connectivity index (χ1n) is 1.15. The number of aliphatic hydroxyl groups excluding tert-OH is 1. The molecular formula is CH6O5STi. The summed E-state index contributed by atoms with van der Waals surface area (Å²) in [6.45, 7) is 0. The summed E-state index contributed by atoms with van der Waals surface area (Å²) < 4.78 is 31.6. The van der Waals surface area contributed by atoms with Crippen molar-refractivity contribution in [2.24, 2.45) is 0 Å². The van der Waals surface area contributed by atoms with E-state index in [1.54, 1.807) is 0 Å². The second kappa shape index (κ2) is 7.54. The quantitative estimate of drug-likeness (QED) is 0.325. The molecule has 0 fully saturated rings. The molecule has 0 aromatic carbocycles. The minimum Gasteiger partial charge on any atom is -0.400 e. The van der Waals surface area contributed by atoms with Crippen molar-refractivity contribution in [3.63, 3.8) is 0 Å². The van der Waals surface area contributed by atoms with Gasteiger partial charge in [0.1, 0.15) is 0 Å². The maximum atomic E-state index is 8.74. The second-order valence-corrected chi connectivity index (χ2v) is 1.34. The first-order valence-corrected chi connectivity index (χ1v) is 2.54. The van der Waals surface area contributed by atoms with E-state index < -0.39 is 10.4 Å². The molecule has 0 atom stereocenters. The van der Waals surface area contributed by atoms with E-state index >= 15 is 0 Å². The van der Waals surface area contributed by atoms with Crippen LogP contribution in [0, 0.1) is 0 Å². The zero-order chi connectivity index (χ0) is 6.50. The van der Waals surface area contributed by atoms with Crippen LogP contribution in [0.3, 0.4) is 0 Å². The molecule has 0 aliphatic heterocycles. The summed E-state index contributed by atoms with van der Waals surface area (Å²) in [5.41, 5.74) is 0. The maximum Gasteiger partial charge on any atom is 0.394 e. The Kier molecular flexibility index (Phi) is 14.9. The van der Waals surface area contributed by atoms with E-state index in [0.717, 1.165) is 7.11 Å². The minimum absolute atomic E-state index is 0. The molecule has 0 heterocycles. The van der Waals surface area contributed by atoms with Crippen molar-refractivity contribution in [1.82, 2.24) is 0 Å². The van der Waals surface area contributed by atoms with Gasteiger partial charge in [-0.05, 0) is 0 Å². The van der Waals surface area contributed by atoms with Crippen molar-refractivity contribution < 1.29 is 44.3 Å². The van der Waals surface area contributed by atoms with Crippen LogP contribution in [0.5, 0.6) is 0 Å². The van der Waals surface area contributed by atoms with E-state index in [1.807, 2.05) is 0 Å². The fraction of sp³-hybridized carbons (Fsp3) is 1.00. The molecule has 7 heteroatoms. The van der Waals surface area contributed by atoms with E-state index in [4.69, 9.17) is 22.6 Å². The predicted molar refractivity (Wildman–Crippen MR) is 22.3 cm³/mol. The SMILES string of the molecule is CO.O=S(=O)(O)O.[Ti]. The summed E-state index contributed by atoms with van der Waals surface area (Å²) in [7, 11) is -3.67. The summed E-state index contributed by atoms with van der Waals surface area (Å²) in [5.74, 6) is 0. The summed E-state index contributed by atoms with van der Waals surface area (Å²) in [4.78, 5) is 0. The zero-order valence-electron chi connectivity index (χ0n) is 4.07. The van der Waals surface area contributed by atoms with Gasteiger partial charge in [-0.25, -0.2) is 0 Å². The van der Waals surface area contributed by atoms with Crippen LogP contribution in [0.2, 0.25) is 0 Å². The normalized spacial score (nSPS) is 8.00.